The van der Waals surface area contributed by atoms with Gasteiger partial charge in [-0.2, -0.15) is 0 Å². The first kappa shape index (κ1) is 15.2. The van der Waals surface area contributed by atoms with Gasteiger partial charge >= 0.3 is 5.97 Å². The molecule has 0 heterocycles. The fourth-order valence-electron chi connectivity index (χ4n) is 1.69. The van der Waals surface area contributed by atoms with Crippen molar-refractivity contribution in [2.75, 3.05) is 19.6 Å². The minimum absolute atomic E-state index is 0.266. The highest BCUT2D eigenvalue weighted by molar-refractivity contribution is 5.66. The Morgan fingerprint density at radius 1 is 1.25 bits per heavy atom. The maximum Gasteiger partial charge on any atom is 0.303 e. The van der Waals surface area contributed by atoms with Gasteiger partial charge in [0, 0.05) is 13.0 Å². The molecule has 0 bridgehead atoms. The quantitative estimate of drug-likeness (QED) is 0.436. The largest absolute Gasteiger partial charge is 0.481 e. The summed E-state index contributed by atoms with van der Waals surface area (Å²) in [5, 5.41) is 8.56. The predicted molar refractivity (Wildman–Crippen MR) is 67.6 cm³/mol. The molecule has 0 aromatic carbocycles. The number of carbonyl (C=O) groups is 1. The van der Waals surface area contributed by atoms with Crippen LogP contribution in [-0.2, 0) is 4.79 Å². The lowest BCUT2D eigenvalue weighted by molar-refractivity contribution is -0.137. The molecule has 0 spiro atoms. The van der Waals surface area contributed by atoms with E-state index in [-0.39, 0.29) is 6.42 Å². The van der Waals surface area contributed by atoms with Crippen LogP contribution in [-0.4, -0.2) is 35.6 Å². The lowest BCUT2D eigenvalue weighted by atomic mass is 10.2. The molecule has 0 radical (unpaired) electrons. The van der Waals surface area contributed by atoms with Crippen LogP contribution in [0.15, 0.2) is 12.7 Å². The molecule has 0 atom stereocenters. The molecular weight excluding hydrogens is 202 g/mol. The molecule has 3 nitrogen and oxygen atoms in total. The maximum absolute atomic E-state index is 10.4. The van der Waals surface area contributed by atoms with Crippen molar-refractivity contribution >= 4 is 5.97 Å². The highest BCUT2D eigenvalue weighted by Gasteiger charge is 2.04. The van der Waals surface area contributed by atoms with Gasteiger partial charge in [-0.3, -0.25) is 9.69 Å². The van der Waals surface area contributed by atoms with Gasteiger partial charge in [-0.05, 0) is 25.9 Å². The minimum Gasteiger partial charge on any atom is -0.481 e. The van der Waals surface area contributed by atoms with Crippen molar-refractivity contribution in [2.24, 2.45) is 0 Å². The van der Waals surface area contributed by atoms with E-state index >= 15 is 0 Å². The molecule has 0 aliphatic heterocycles. The maximum atomic E-state index is 10.4. The first-order valence-corrected chi connectivity index (χ1v) is 6.25. The number of aliphatic carboxylic acids is 1. The second-order valence-electron chi connectivity index (χ2n) is 4.15. The average molecular weight is 227 g/mol. The summed E-state index contributed by atoms with van der Waals surface area (Å²) in [5.74, 6) is -0.704. The summed E-state index contributed by atoms with van der Waals surface area (Å²) in [5.41, 5.74) is 0. The fraction of sp³-hybridized carbons (Fsp3) is 0.769. The third kappa shape index (κ3) is 9.71. The molecule has 16 heavy (non-hydrogen) atoms. The van der Waals surface area contributed by atoms with Gasteiger partial charge in [-0.15, -0.1) is 6.58 Å². The van der Waals surface area contributed by atoms with Crippen LogP contribution in [0.2, 0.25) is 0 Å². The second-order valence-corrected chi connectivity index (χ2v) is 4.15. The minimum atomic E-state index is -0.704. The van der Waals surface area contributed by atoms with Gasteiger partial charge in [0.05, 0.1) is 0 Å². The molecule has 0 unspecified atom stereocenters. The molecule has 94 valence electrons. The smallest absolute Gasteiger partial charge is 0.303 e. The Labute approximate surface area is 99.1 Å². The van der Waals surface area contributed by atoms with Gasteiger partial charge in [-0.25, -0.2) is 0 Å². The van der Waals surface area contributed by atoms with Gasteiger partial charge in [0.1, 0.15) is 0 Å². The third-order valence-electron chi connectivity index (χ3n) is 2.58. The van der Waals surface area contributed by atoms with Crippen molar-refractivity contribution in [1.82, 2.24) is 4.90 Å². The summed E-state index contributed by atoms with van der Waals surface area (Å²) in [6.07, 6.45) is 7.90. The van der Waals surface area contributed by atoms with Crippen molar-refractivity contribution in [3.8, 4) is 0 Å². The molecule has 0 saturated carbocycles. The van der Waals surface area contributed by atoms with Crippen LogP contribution < -0.4 is 0 Å². The Morgan fingerprint density at radius 2 is 1.94 bits per heavy atom. The fourth-order valence-corrected chi connectivity index (χ4v) is 1.69. The van der Waals surface area contributed by atoms with Crippen LogP contribution in [0.1, 0.15) is 45.4 Å². The van der Waals surface area contributed by atoms with Crippen LogP contribution in [0, 0.1) is 0 Å². The van der Waals surface area contributed by atoms with Crippen molar-refractivity contribution in [2.45, 2.75) is 45.4 Å². The van der Waals surface area contributed by atoms with Gasteiger partial charge in [-0.1, -0.05) is 32.3 Å². The number of unbranched alkanes of at least 4 members (excludes halogenated alkanes) is 3. The molecule has 0 saturated heterocycles. The molecule has 0 aliphatic rings. The Balaban J connectivity index is 3.61. The van der Waals surface area contributed by atoms with E-state index in [2.05, 4.69) is 18.4 Å². The molecule has 0 aliphatic carbocycles. The highest BCUT2D eigenvalue weighted by Crippen LogP contribution is 2.03. The van der Waals surface area contributed by atoms with E-state index in [4.69, 9.17) is 5.11 Å². The summed E-state index contributed by atoms with van der Waals surface area (Å²) in [4.78, 5) is 12.7. The van der Waals surface area contributed by atoms with E-state index in [1.54, 1.807) is 0 Å². The van der Waals surface area contributed by atoms with Crippen LogP contribution in [0.4, 0.5) is 0 Å². The Hall–Kier alpha value is -0.830. The van der Waals surface area contributed by atoms with E-state index < -0.39 is 5.97 Å². The number of hydrogen-bond acceptors (Lipinski definition) is 2. The second kappa shape index (κ2) is 10.7. The normalized spacial score (nSPS) is 10.6. The molecule has 3 heteroatoms. The molecule has 0 rings (SSSR count). The number of nitrogens with zero attached hydrogens (tertiary/aromatic N) is 1. The summed E-state index contributed by atoms with van der Waals surface area (Å²) in [6.45, 7) is 8.73. The Morgan fingerprint density at radius 3 is 2.50 bits per heavy atom. The molecule has 1 N–H and O–H groups in total. The van der Waals surface area contributed by atoms with Gasteiger partial charge in [0.2, 0.25) is 0 Å². The number of rotatable bonds is 11. The molecule has 0 aromatic heterocycles. The molecule has 0 aromatic rings. The summed E-state index contributed by atoms with van der Waals surface area (Å²) >= 11 is 0. The first-order valence-electron chi connectivity index (χ1n) is 6.25. The zero-order chi connectivity index (χ0) is 12.2. The summed E-state index contributed by atoms with van der Waals surface area (Å²) < 4.78 is 0. The third-order valence-corrected chi connectivity index (χ3v) is 2.58. The summed E-state index contributed by atoms with van der Waals surface area (Å²) in [6, 6.07) is 0. The van der Waals surface area contributed by atoms with Crippen molar-refractivity contribution < 1.29 is 9.90 Å². The van der Waals surface area contributed by atoms with Crippen LogP contribution in [0.5, 0.6) is 0 Å². The first-order chi connectivity index (χ1) is 7.70. The monoisotopic (exact) mass is 227 g/mol. The lowest BCUT2D eigenvalue weighted by Gasteiger charge is -2.19. The average Bonchev–Trinajstić information content (AvgIpc) is 2.23. The standard InChI is InChI=1S/C13H25NO2/c1-3-5-6-7-11-14(10-4-2)12-8-9-13(15)16/h4H,2-3,5-12H2,1H3,(H,15,16). The van der Waals surface area contributed by atoms with Crippen molar-refractivity contribution in [1.29, 1.82) is 0 Å². The number of hydrogen-bond donors (Lipinski definition) is 1. The van der Waals surface area contributed by atoms with Crippen LogP contribution >= 0.6 is 0 Å². The zero-order valence-corrected chi connectivity index (χ0v) is 10.5. The lowest BCUT2D eigenvalue weighted by Crippen LogP contribution is -2.26. The van der Waals surface area contributed by atoms with E-state index in [1.807, 2.05) is 6.08 Å². The Kier molecular flexibility index (Phi) is 10.1. The zero-order valence-electron chi connectivity index (χ0n) is 10.5. The van der Waals surface area contributed by atoms with Gasteiger partial charge < -0.3 is 5.11 Å². The number of carboxylic acids is 1. The van der Waals surface area contributed by atoms with E-state index in [0.717, 1.165) is 26.1 Å². The van der Waals surface area contributed by atoms with Crippen molar-refractivity contribution in [3.63, 3.8) is 0 Å². The molecule has 0 fully saturated rings. The predicted octanol–water partition coefficient (Wildman–Crippen LogP) is 2.92. The van der Waals surface area contributed by atoms with E-state index in [0.29, 0.717) is 0 Å². The van der Waals surface area contributed by atoms with Crippen LogP contribution in [0.3, 0.4) is 0 Å². The van der Waals surface area contributed by atoms with Crippen LogP contribution in [0.25, 0.3) is 0 Å². The van der Waals surface area contributed by atoms with E-state index in [1.165, 1.54) is 25.7 Å². The van der Waals surface area contributed by atoms with Gasteiger partial charge in [0.25, 0.3) is 0 Å². The van der Waals surface area contributed by atoms with Crippen molar-refractivity contribution in [3.05, 3.63) is 12.7 Å². The molecule has 0 amide bonds. The summed E-state index contributed by atoms with van der Waals surface area (Å²) in [7, 11) is 0. The molecular formula is C13H25NO2. The SMILES string of the molecule is C=CCN(CCCCCC)CCCC(=O)O. The van der Waals surface area contributed by atoms with Gasteiger partial charge in [0.15, 0.2) is 0 Å². The highest BCUT2D eigenvalue weighted by atomic mass is 16.4. The Bertz CT molecular complexity index is 192. The van der Waals surface area contributed by atoms with E-state index in [9.17, 15) is 4.79 Å². The topological polar surface area (TPSA) is 40.5 Å². The number of carboxylic acid groups (broad SMARTS) is 1.